The van der Waals surface area contributed by atoms with Gasteiger partial charge in [0.2, 0.25) is 0 Å². The zero-order valence-electron chi connectivity index (χ0n) is 11.7. The molecule has 0 aromatic carbocycles. The van der Waals surface area contributed by atoms with Crippen LogP contribution in [0.3, 0.4) is 0 Å². The molecule has 18 heavy (non-hydrogen) atoms. The number of ether oxygens (including phenoxy) is 1. The third-order valence-electron chi connectivity index (χ3n) is 6.01. The van der Waals surface area contributed by atoms with Gasteiger partial charge in [-0.2, -0.15) is 0 Å². The average molecular weight is 252 g/mol. The first-order valence-electron chi connectivity index (χ1n) is 7.72. The lowest BCUT2D eigenvalue weighted by Crippen LogP contribution is -2.56. The van der Waals surface area contributed by atoms with E-state index >= 15 is 0 Å². The van der Waals surface area contributed by atoms with Gasteiger partial charge in [0.25, 0.3) is 0 Å². The first-order valence-corrected chi connectivity index (χ1v) is 7.72. The van der Waals surface area contributed by atoms with Crippen molar-refractivity contribution in [3.63, 3.8) is 0 Å². The molecule has 1 heterocycles. The summed E-state index contributed by atoms with van der Waals surface area (Å²) in [4.78, 5) is 2.58. The number of likely N-dealkylation sites (N-methyl/N-ethyl adjacent to an activating group) is 1. The summed E-state index contributed by atoms with van der Waals surface area (Å²) in [6, 6.07) is 0. The van der Waals surface area contributed by atoms with Gasteiger partial charge in [0, 0.05) is 31.8 Å². The first kappa shape index (κ1) is 12.9. The number of nitrogens with zero attached hydrogens (tertiary/aromatic N) is 1. The van der Waals surface area contributed by atoms with E-state index in [4.69, 9.17) is 10.5 Å². The molecular weight excluding hydrogens is 224 g/mol. The Balaban J connectivity index is 1.61. The van der Waals surface area contributed by atoms with Gasteiger partial charge in [-0.25, -0.2) is 0 Å². The van der Waals surface area contributed by atoms with Crippen LogP contribution in [0.15, 0.2) is 0 Å². The highest BCUT2D eigenvalue weighted by Crippen LogP contribution is 2.48. The van der Waals surface area contributed by atoms with Crippen molar-refractivity contribution >= 4 is 0 Å². The van der Waals surface area contributed by atoms with Crippen LogP contribution in [-0.2, 0) is 4.74 Å². The van der Waals surface area contributed by atoms with Crippen molar-refractivity contribution in [1.29, 1.82) is 0 Å². The SMILES string of the molecule is CN(CC1CC2CCC1C2)C1(CN)CCOCC1. The zero-order chi connectivity index (χ0) is 12.6. The third kappa shape index (κ3) is 2.21. The van der Waals surface area contributed by atoms with Crippen molar-refractivity contribution in [1.82, 2.24) is 4.90 Å². The van der Waals surface area contributed by atoms with E-state index in [2.05, 4.69) is 11.9 Å². The zero-order valence-corrected chi connectivity index (χ0v) is 11.7. The molecule has 2 N–H and O–H groups in total. The van der Waals surface area contributed by atoms with E-state index < -0.39 is 0 Å². The standard InChI is InChI=1S/C15H28N2O/c1-17(15(11-16)4-6-18-7-5-15)10-14-9-12-2-3-13(14)8-12/h12-14H,2-11,16H2,1H3. The summed E-state index contributed by atoms with van der Waals surface area (Å²) >= 11 is 0. The van der Waals surface area contributed by atoms with Crippen LogP contribution in [-0.4, -0.2) is 43.8 Å². The first-order chi connectivity index (χ1) is 8.73. The van der Waals surface area contributed by atoms with Crippen LogP contribution in [0.2, 0.25) is 0 Å². The second kappa shape index (κ2) is 5.10. The summed E-state index contributed by atoms with van der Waals surface area (Å²) in [6.07, 6.45) is 8.20. The van der Waals surface area contributed by atoms with Crippen molar-refractivity contribution in [3.05, 3.63) is 0 Å². The Morgan fingerprint density at radius 3 is 2.56 bits per heavy atom. The fraction of sp³-hybridized carbons (Fsp3) is 1.00. The highest BCUT2D eigenvalue weighted by molar-refractivity contribution is 4.96. The predicted molar refractivity (Wildman–Crippen MR) is 73.4 cm³/mol. The quantitative estimate of drug-likeness (QED) is 0.830. The van der Waals surface area contributed by atoms with Crippen molar-refractivity contribution < 1.29 is 4.74 Å². The minimum Gasteiger partial charge on any atom is -0.381 e. The topological polar surface area (TPSA) is 38.5 Å². The van der Waals surface area contributed by atoms with Gasteiger partial charge in [0.1, 0.15) is 0 Å². The molecule has 3 unspecified atom stereocenters. The van der Waals surface area contributed by atoms with E-state index in [-0.39, 0.29) is 5.54 Å². The molecule has 3 aliphatic rings. The summed E-state index contributed by atoms with van der Waals surface area (Å²) in [5, 5.41) is 0. The molecule has 0 radical (unpaired) electrons. The van der Waals surface area contributed by atoms with Crippen molar-refractivity contribution in [3.8, 4) is 0 Å². The molecule has 0 spiro atoms. The van der Waals surface area contributed by atoms with Gasteiger partial charge in [-0.05, 0) is 56.9 Å². The maximum Gasteiger partial charge on any atom is 0.0484 e. The van der Waals surface area contributed by atoms with Crippen LogP contribution < -0.4 is 5.73 Å². The highest BCUT2D eigenvalue weighted by atomic mass is 16.5. The number of hydrogen-bond donors (Lipinski definition) is 1. The number of nitrogens with two attached hydrogens (primary N) is 1. The Bertz CT molecular complexity index is 288. The number of fused-ring (bicyclic) bond motifs is 2. The van der Waals surface area contributed by atoms with E-state index in [1.807, 2.05) is 0 Å². The molecule has 0 amide bonds. The van der Waals surface area contributed by atoms with Gasteiger partial charge in [-0.3, -0.25) is 4.90 Å². The molecule has 0 aromatic rings. The summed E-state index contributed by atoms with van der Waals surface area (Å²) in [6.45, 7) is 3.82. The molecule has 104 valence electrons. The van der Waals surface area contributed by atoms with E-state index in [9.17, 15) is 0 Å². The van der Waals surface area contributed by atoms with E-state index in [1.54, 1.807) is 0 Å². The monoisotopic (exact) mass is 252 g/mol. The molecule has 3 rings (SSSR count). The van der Waals surface area contributed by atoms with E-state index in [0.29, 0.717) is 0 Å². The largest absolute Gasteiger partial charge is 0.381 e. The van der Waals surface area contributed by atoms with Crippen LogP contribution in [0.1, 0.15) is 38.5 Å². The Labute approximate surface area is 111 Å². The van der Waals surface area contributed by atoms with Gasteiger partial charge >= 0.3 is 0 Å². The minimum absolute atomic E-state index is 0.222. The van der Waals surface area contributed by atoms with Crippen LogP contribution in [0.25, 0.3) is 0 Å². The van der Waals surface area contributed by atoms with Crippen LogP contribution in [0.5, 0.6) is 0 Å². The molecule has 2 aliphatic carbocycles. The summed E-state index contributed by atoms with van der Waals surface area (Å²) in [7, 11) is 2.30. The lowest BCUT2D eigenvalue weighted by Gasteiger charge is -2.45. The van der Waals surface area contributed by atoms with E-state index in [0.717, 1.165) is 50.4 Å². The molecule has 2 saturated carbocycles. The number of rotatable bonds is 4. The smallest absolute Gasteiger partial charge is 0.0484 e. The molecule has 3 heteroatoms. The highest BCUT2D eigenvalue weighted by Gasteiger charge is 2.42. The van der Waals surface area contributed by atoms with E-state index in [1.165, 1.54) is 32.2 Å². The summed E-state index contributed by atoms with van der Waals surface area (Å²) in [5.41, 5.74) is 6.31. The maximum absolute atomic E-state index is 6.09. The molecule has 1 aliphatic heterocycles. The van der Waals surface area contributed by atoms with Crippen LogP contribution in [0, 0.1) is 17.8 Å². The fourth-order valence-corrected chi connectivity index (χ4v) is 4.64. The predicted octanol–water partition coefficient (Wildman–Crippen LogP) is 1.86. The van der Waals surface area contributed by atoms with Crippen LogP contribution >= 0.6 is 0 Å². The molecular formula is C15H28N2O. The summed E-state index contributed by atoms with van der Waals surface area (Å²) in [5.74, 6) is 3.02. The fourth-order valence-electron chi connectivity index (χ4n) is 4.64. The Kier molecular flexibility index (Phi) is 3.65. The second-order valence-electron chi connectivity index (χ2n) is 6.86. The van der Waals surface area contributed by atoms with Crippen molar-refractivity contribution in [2.24, 2.45) is 23.5 Å². The Morgan fingerprint density at radius 1 is 1.22 bits per heavy atom. The Morgan fingerprint density at radius 2 is 2.00 bits per heavy atom. The molecule has 3 fully saturated rings. The van der Waals surface area contributed by atoms with Crippen LogP contribution in [0.4, 0.5) is 0 Å². The normalized spacial score (nSPS) is 38.5. The summed E-state index contributed by atoms with van der Waals surface area (Å²) < 4.78 is 5.51. The second-order valence-corrected chi connectivity index (χ2v) is 6.86. The molecule has 3 nitrogen and oxygen atoms in total. The maximum atomic E-state index is 6.09. The van der Waals surface area contributed by atoms with Gasteiger partial charge < -0.3 is 10.5 Å². The van der Waals surface area contributed by atoms with Crippen molar-refractivity contribution in [2.75, 3.05) is 33.4 Å². The van der Waals surface area contributed by atoms with Gasteiger partial charge in [0.15, 0.2) is 0 Å². The van der Waals surface area contributed by atoms with Gasteiger partial charge in [-0.1, -0.05) is 6.42 Å². The average Bonchev–Trinajstić information content (AvgIpc) is 3.01. The molecule has 3 atom stereocenters. The molecule has 2 bridgehead atoms. The lowest BCUT2D eigenvalue weighted by atomic mass is 9.84. The van der Waals surface area contributed by atoms with Crippen molar-refractivity contribution in [2.45, 2.75) is 44.1 Å². The third-order valence-corrected chi connectivity index (χ3v) is 6.01. The van der Waals surface area contributed by atoms with Gasteiger partial charge in [-0.15, -0.1) is 0 Å². The minimum atomic E-state index is 0.222. The molecule has 1 saturated heterocycles. The molecule has 0 aromatic heterocycles. The number of hydrogen-bond acceptors (Lipinski definition) is 3. The van der Waals surface area contributed by atoms with Gasteiger partial charge in [0.05, 0.1) is 0 Å². The Hall–Kier alpha value is -0.120. The lowest BCUT2D eigenvalue weighted by molar-refractivity contribution is -0.0213.